The second-order valence-electron chi connectivity index (χ2n) is 3.93. The molecular formula is C12H16N2O2. The number of oxazole rings is 1. The summed E-state index contributed by atoms with van der Waals surface area (Å²) < 4.78 is 5.39. The number of fused-ring (bicyclic) bond motifs is 1. The van der Waals surface area contributed by atoms with Gasteiger partial charge in [-0.1, -0.05) is 6.07 Å². The minimum atomic E-state index is -0.0476. The number of nitrogens with two attached hydrogens (primary N) is 1. The summed E-state index contributed by atoms with van der Waals surface area (Å²) in [5, 5.41) is 8.75. The lowest BCUT2D eigenvalue weighted by atomic mass is 10.0. The van der Waals surface area contributed by atoms with Gasteiger partial charge in [0.05, 0.1) is 0 Å². The second-order valence-corrected chi connectivity index (χ2v) is 3.93. The van der Waals surface area contributed by atoms with E-state index in [2.05, 4.69) is 4.98 Å². The zero-order chi connectivity index (χ0) is 11.5. The average Bonchev–Trinajstić information content (AvgIpc) is 2.64. The van der Waals surface area contributed by atoms with E-state index in [9.17, 15) is 0 Å². The van der Waals surface area contributed by atoms with Crippen molar-refractivity contribution in [2.24, 2.45) is 5.73 Å². The standard InChI is InChI=1S/C12H16N2O2/c1-8-14-11-7-9(4-5-12(11)16-8)10(13)3-2-6-15/h4-5,7,10,15H,2-3,6,13H2,1H3. The summed E-state index contributed by atoms with van der Waals surface area (Å²) in [4.78, 5) is 4.26. The molecule has 0 aliphatic carbocycles. The first-order valence-corrected chi connectivity index (χ1v) is 5.44. The molecule has 3 N–H and O–H groups in total. The summed E-state index contributed by atoms with van der Waals surface area (Å²) >= 11 is 0. The number of hydrogen-bond donors (Lipinski definition) is 2. The average molecular weight is 220 g/mol. The molecule has 1 heterocycles. The molecule has 86 valence electrons. The van der Waals surface area contributed by atoms with Gasteiger partial charge in [0.25, 0.3) is 0 Å². The Morgan fingerprint density at radius 3 is 3.06 bits per heavy atom. The lowest BCUT2D eigenvalue weighted by Crippen LogP contribution is -2.10. The largest absolute Gasteiger partial charge is 0.441 e. The number of aliphatic hydroxyl groups is 1. The van der Waals surface area contributed by atoms with Crippen LogP contribution in [0.25, 0.3) is 11.1 Å². The zero-order valence-corrected chi connectivity index (χ0v) is 9.31. The van der Waals surface area contributed by atoms with Crippen LogP contribution < -0.4 is 5.73 Å². The maximum Gasteiger partial charge on any atom is 0.192 e. The molecule has 0 bridgehead atoms. The lowest BCUT2D eigenvalue weighted by Gasteiger charge is -2.10. The highest BCUT2D eigenvalue weighted by atomic mass is 16.3. The second kappa shape index (κ2) is 4.63. The zero-order valence-electron chi connectivity index (χ0n) is 9.31. The number of rotatable bonds is 4. The molecule has 0 radical (unpaired) electrons. The Kier molecular flexibility index (Phi) is 3.22. The third-order valence-corrected chi connectivity index (χ3v) is 2.62. The number of benzene rings is 1. The van der Waals surface area contributed by atoms with Crippen LogP contribution in [0.5, 0.6) is 0 Å². The maximum atomic E-state index is 8.75. The fourth-order valence-corrected chi connectivity index (χ4v) is 1.77. The van der Waals surface area contributed by atoms with Crippen molar-refractivity contribution < 1.29 is 9.52 Å². The van der Waals surface area contributed by atoms with Crippen molar-refractivity contribution in [2.75, 3.05) is 6.61 Å². The van der Waals surface area contributed by atoms with Gasteiger partial charge < -0.3 is 15.3 Å². The normalized spacial score (nSPS) is 13.2. The molecule has 2 aromatic rings. The van der Waals surface area contributed by atoms with E-state index in [0.29, 0.717) is 5.89 Å². The fourth-order valence-electron chi connectivity index (χ4n) is 1.77. The van der Waals surface area contributed by atoms with Crippen LogP contribution >= 0.6 is 0 Å². The predicted molar refractivity (Wildman–Crippen MR) is 62.0 cm³/mol. The van der Waals surface area contributed by atoms with E-state index in [0.717, 1.165) is 29.5 Å². The van der Waals surface area contributed by atoms with Crippen LogP contribution in [-0.4, -0.2) is 16.7 Å². The molecule has 0 saturated carbocycles. The Labute approximate surface area is 94.1 Å². The van der Waals surface area contributed by atoms with Gasteiger partial charge in [-0.25, -0.2) is 4.98 Å². The summed E-state index contributed by atoms with van der Waals surface area (Å²) in [6.07, 6.45) is 1.50. The van der Waals surface area contributed by atoms with Crippen LogP contribution in [0, 0.1) is 6.92 Å². The van der Waals surface area contributed by atoms with E-state index in [4.69, 9.17) is 15.3 Å². The van der Waals surface area contributed by atoms with Gasteiger partial charge in [0, 0.05) is 19.6 Å². The van der Waals surface area contributed by atoms with Crippen molar-refractivity contribution >= 4 is 11.1 Å². The van der Waals surface area contributed by atoms with Crippen LogP contribution in [-0.2, 0) is 0 Å². The van der Waals surface area contributed by atoms with Crippen LogP contribution in [0.3, 0.4) is 0 Å². The summed E-state index contributed by atoms with van der Waals surface area (Å²) in [6.45, 7) is 2.00. The van der Waals surface area contributed by atoms with Crippen LogP contribution in [0.4, 0.5) is 0 Å². The van der Waals surface area contributed by atoms with Gasteiger partial charge >= 0.3 is 0 Å². The lowest BCUT2D eigenvalue weighted by molar-refractivity contribution is 0.280. The predicted octanol–water partition coefficient (Wildman–Crippen LogP) is 1.91. The molecule has 0 amide bonds. The summed E-state index contributed by atoms with van der Waals surface area (Å²) in [5.74, 6) is 0.663. The van der Waals surface area contributed by atoms with Crippen LogP contribution in [0.15, 0.2) is 22.6 Å². The van der Waals surface area contributed by atoms with Gasteiger partial charge in [0.2, 0.25) is 0 Å². The first-order chi connectivity index (χ1) is 7.70. The number of hydrogen-bond acceptors (Lipinski definition) is 4. The van der Waals surface area contributed by atoms with Crippen LogP contribution in [0.1, 0.15) is 30.3 Å². The molecule has 0 saturated heterocycles. The number of nitrogens with zero attached hydrogens (tertiary/aromatic N) is 1. The van der Waals surface area contributed by atoms with Gasteiger partial charge in [-0.15, -0.1) is 0 Å². The SMILES string of the molecule is Cc1nc2cc(C(N)CCCO)ccc2o1. The molecule has 2 rings (SSSR count). The van der Waals surface area contributed by atoms with E-state index in [1.165, 1.54) is 0 Å². The Morgan fingerprint density at radius 1 is 1.50 bits per heavy atom. The minimum Gasteiger partial charge on any atom is -0.441 e. The van der Waals surface area contributed by atoms with Crippen molar-refractivity contribution in [1.82, 2.24) is 4.98 Å². The first-order valence-electron chi connectivity index (χ1n) is 5.44. The topological polar surface area (TPSA) is 72.3 Å². The molecule has 0 aliphatic heterocycles. The Morgan fingerprint density at radius 2 is 2.31 bits per heavy atom. The highest BCUT2D eigenvalue weighted by molar-refractivity contribution is 5.73. The van der Waals surface area contributed by atoms with E-state index in [-0.39, 0.29) is 12.6 Å². The molecule has 1 aromatic carbocycles. The molecule has 1 aromatic heterocycles. The minimum absolute atomic E-state index is 0.0476. The Hall–Kier alpha value is -1.39. The number of aliphatic hydroxyl groups excluding tert-OH is 1. The number of aryl methyl sites for hydroxylation is 1. The number of aromatic nitrogens is 1. The molecule has 0 spiro atoms. The Balaban J connectivity index is 2.24. The van der Waals surface area contributed by atoms with E-state index < -0.39 is 0 Å². The van der Waals surface area contributed by atoms with Gasteiger partial charge in [-0.3, -0.25) is 0 Å². The van der Waals surface area contributed by atoms with Gasteiger partial charge in [-0.05, 0) is 30.5 Å². The molecule has 16 heavy (non-hydrogen) atoms. The van der Waals surface area contributed by atoms with Gasteiger partial charge in [-0.2, -0.15) is 0 Å². The maximum absolute atomic E-state index is 8.75. The van der Waals surface area contributed by atoms with Gasteiger partial charge in [0.1, 0.15) is 5.52 Å². The third kappa shape index (κ3) is 2.23. The molecule has 0 fully saturated rings. The van der Waals surface area contributed by atoms with Crippen molar-refractivity contribution in [3.05, 3.63) is 29.7 Å². The van der Waals surface area contributed by atoms with E-state index in [1.54, 1.807) is 0 Å². The summed E-state index contributed by atoms with van der Waals surface area (Å²) in [7, 11) is 0. The Bertz CT molecular complexity index is 479. The molecule has 4 heteroatoms. The van der Waals surface area contributed by atoms with E-state index in [1.807, 2.05) is 25.1 Å². The summed E-state index contributed by atoms with van der Waals surface area (Å²) in [5.41, 5.74) is 8.68. The highest BCUT2D eigenvalue weighted by Crippen LogP contribution is 2.22. The highest BCUT2D eigenvalue weighted by Gasteiger charge is 2.08. The van der Waals surface area contributed by atoms with Crippen molar-refractivity contribution in [3.8, 4) is 0 Å². The van der Waals surface area contributed by atoms with Crippen molar-refractivity contribution in [1.29, 1.82) is 0 Å². The summed E-state index contributed by atoms with van der Waals surface area (Å²) in [6, 6.07) is 5.75. The molecule has 0 aliphatic rings. The molecule has 1 unspecified atom stereocenters. The van der Waals surface area contributed by atoms with Crippen molar-refractivity contribution in [2.45, 2.75) is 25.8 Å². The van der Waals surface area contributed by atoms with Crippen LogP contribution in [0.2, 0.25) is 0 Å². The molecular weight excluding hydrogens is 204 g/mol. The quantitative estimate of drug-likeness (QED) is 0.825. The van der Waals surface area contributed by atoms with E-state index >= 15 is 0 Å². The third-order valence-electron chi connectivity index (χ3n) is 2.62. The molecule has 1 atom stereocenters. The fraction of sp³-hybridized carbons (Fsp3) is 0.417. The molecule has 4 nitrogen and oxygen atoms in total. The van der Waals surface area contributed by atoms with Crippen molar-refractivity contribution in [3.63, 3.8) is 0 Å². The monoisotopic (exact) mass is 220 g/mol. The first kappa shape index (κ1) is 11.1. The van der Waals surface area contributed by atoms with Gasteiger partial charge in [0.15, 0.2) is 11.5 Å². The smallest absolute Gasteiger partial charge is 0.192 e.